The molecule has 1 unspecified atom stereocenters. The van der Waals surface area contributed by atoms with Gasteiger partial charge in [0.1, 0.15) is 5.60 Å². The maximum absolute atomic E-state index is 10.9. The molecule has 0 radical (unpaired) electrons. The van der Waals surface area contributed by atoms with Gasteiger partial charge in [-0.1, -0.05) is 23.8 Å². The van der Waals surface area contributed by atoms with Crippen molar-refractivity contribution in [2.45, 2.75) is 38.2 Å². The number of ether oxygens (including phenoxy) is 1. The van der Waals surface area contributed by atoms with Gasteiger partial charge in [0.15, 0.2) is 0 Å². The van der Waals surface area contributed by atoms with Crippen LogP contribution in [0.4, 0.5) is 0 Å². The lowest BCUT2D eigenvalue weighted by atomic mass is 9.84. The van der Waals surface area contributed by atoms with Gasteiger partial charge in [-0.05, 0) is 43.7 Å². The van der Waals surface area contributed by atoms with E-state index in [1.807, 2.05) is 0 Å². The number of fused-ring (bicyclic) bond motifs is 1. The fourth-order valence-electron chi connectivity index (χ4n) is 2.95. The van der Waals surface area contributed by atoms with Crippen LogP contribution >= 0.6 is 0 Å². The predicted octanol–water partition coefficient (Wildman–Crippen LogP) is 2.82. The topological polar surface area (TPSA) is 29.5 Å². The summed E-state index contributed by atoms with van der Waals surface area (Å²) in [7, 11) is 0. The lowest BCUT2D eigenvalue weighted by Gasteiger charge is -2.29. The number of aryl methyl sites for hydroxylation is 2. The fraction of sp³-hybridized carbons (Fsp3) is 0.467. The Balaban J connectivity index is 2.06. The molecule has 0 spiro atoms. The fourth-order valence-corrected chi connectivity index (χ4v) is 2.95. The highest BCUT2D eigenvalue weighted by Crippen LogP contribution is 2.44. The number of hydrogen-bond acceptors (Lipinski definition) is 2. The number of rotatable bonds is 1. The average molecular weight is 230 g/mol. The van der Waals surface area contributed by atoms with Crippen molar-refractivity contribution in [2.75, 3.05) is 6.61 Å². The van der Waals surface area contributed by atoms with Crippen LogP contribution in [0.15, 0.2) is 30.0 Å². The zero-order valence-corrected chi connectivity index (χ0v) is 10.2. The summed E-state index contributed by atoms with van der Waals surface area (Å²) in [6.45, 7) is 2.85. The van der Waals surface area contributed by atoms with E-state index in [1.54, 1.807) is 6.26 Å². The molecule has 3 rings (SSSR count). The van der Waals surface area contributed by atoms with Gasteiger partial charge >= 0.3 is 0 Å². The largest absolute Gasteiger partial charge is 0.501 e. The summed E-state index contributed by atoms with van der Waals surface area (Å²) in [4.78, 5) is 0. The third-order valence-corrected chi connectivity index (χ3v) is 3.93. The van der Waals surface area contributed by atoms with Crippen molar-refractivity contribution in [1.29, 1.82) is 0 Å². The molecule has 0 bridgehead atoms. The smallest absolute Gasteiger partial charge is 0.114 e. The van der Waals surface area contributed by atoms with Crippen molar-refractivity contribution < 1.29 is 9.84 Å². The summed E-state index contributed by atoms with van der Waals surface area (Å²) >= 11 is 0. The highest BCUT2D eigenvalue weighted by molar-refractivity contribution is 5.45. The molecule has 1 aliphatic heterocycles. The molecular weight excluding hydrogens is 212 g/mol. The molecule has 0 saturated carbocycles. The van der Waals surface area contributed by atoms with E-state index in [9.17, 15) is 5.11 Å². The zero-order chi connectivity index (χ0) is 11.9. The minimum Gasteiger partial charge on any atom is -0.501 e. The van der Waals surface area contributed by atoms with Crippen molar-refractivity contribution in [1.82, 2.24) is 0 Å². The van der Waals surface area contributed by atoms with E-state index in [0.717, 1.165) is 43.4 Å². The van der Waals surface area contributed by atoms with Crippen molar-refractivity contribution >= 4 is 0 Å². The third kappa shape index (κ3) is 1.67. The molecule has 0 saturated heterocycles. The molecular formula is C15H18O2. The van der Waals surface area contributed by atoms with Gasteiger partial charge in [0, 0.05) is 5.57 Å². The molecule has 90 valence electrons. The first kappa shape index (κ1) is 10.8. The van der Waals surface area contributed by atoms with Gasteiger partial charge < -0.3 is 9.84 Å². The van der Waals surface area contributed by atoms with E-state index in [0.29, 0.717) is 0 Å². The van der Waals surface area contributed by atoms with E-state index in [2.05, 4.69) is 25.1 Å². The van der Waals surface area contributed by atoms with Crippen LogP contribution in [0, 0.1) is 6.92 Å². The Morgan fingerprint density at radius 2 is 2.18 bits per heavy atom. The lowest BCUT2D eigenvalue weighted by molar-refractivity contribution is 0.0615. The van der Waals surface area contributed by atoms with Crippen LogP contribution in [-0.4, -0.2) is 11.7 Å². The standard InChI is InChI=1S/C15H18O2/c1-11-4-5-12-6-7-15(16,14(12)9-11)13-3-2-8-17-10-13/h4-5,9-10,16H,2-3,6-8H2,1H3. The Bertz CT molecular complexity index is 476. The van der Waals surface area contributed by atoms with E-state index >= 15 is 0 Å². The summed E-state index contributed by atoms with van der Waals surface area (Å²) in [6.07, 6.45) is 5.49. The normalized spacial score (nSPS) is 27.3. The quantitative estimate of drug-likeness (QED) is 0.804. The van der Waals surface area contributed by atoms with Gasteiger partial charge in [0.2, 0.25) is 0 Å². The van der Waals surface area contributed by atoms with Crippen LogP contribution in [0.25, 0.3) is 0 Å². The summed E-state index contributed by atoms with van der Waals surface area (Å²) in [5.74, 6) is 0. The van der Waals surface area contributed by atoms with E-state index in [1.165, 1.54) is 11.1 Å². The summed E-state index contributed by atoms with van der Waals surface area (Å²) in [5.41, 5.74) is 3.86. The molecule has 1 aliphatic carbocycles. The highest BCUT2D eigenvalue weighted by Gasteiger charge is 2.40. The van der Waals surface area contributed by atoms with Crippen molar-refractivity contribution in [3.63, 3.8) is 0 Å². The monoisotopic (exact) mass is 230 g/mol. The second kappa shape index (κ2) is 3.88. The van der Waals surface area contributed by atoms with Crippen LogP contribution in [-0.2, 0) is 16.8 Å². The summed E-state index contributed by atoms with van der Waals surface area (Å²) in [5, 5.41) is 10.9. The maximum atomic E-state index is 10.9. The van der Waals surface area contributed by atoms with Crippen LogP contribution in [0.2, 0.25) is 0 Å². The first-order chi connectivity index (χ1) is 8.20. The second-order valence-electron chi connectivity index (χ2n) is 5.14. The Labute approximate surface area is 102 Å². The SMILES string of the molecule is Cc1ccc2c(c1)C(O)(C1=COCCC1)CC2. The number of hydrogen-bond donors (Lipinski definition) is 1. The number of aliphatic hydroxyl groups is 1. The molecule has 1 aromatic rings. The molecule has 1 atom stereocenters. The van der Waals surface area contributed by atoms with E-state index in [4.69, 9.17) is 4.74 Å². The van der Waals surface area contributed by atoms with E-state index < -0.39 is 5.60 Å². The van der Waals surface area contributed by atoms with Crippen molar-refractivity contribution in [3.8, 4) is 0 Å². The van der Waals surface area contributed by atoms with Crippen molar-refractivity contribution in [2.24, 2.45) is 0 Å². The molecule has 1 aromatic carbocycles. The van der Waals surface area contributed by atoms with Crippen LogP contribution < -0.4 is 0 Å². The van der Waals surface area contributed by atoms with E-state index in [-0.39, 0.29) is 0 Å². The lowest BCUT2D eigenvalue weighted by Crippen LogP contribution is -2.27. The second-order valence-corrected chi connectivity index (χ2v) is 5.14. The summed E-state index contributed by atoms with van der Waals surface area (Å²) < 4.78 is 5.38. The average Bonchev–Trinajstić information content (AvgIpc) is 2.70. The molecule has 2 aliphatic rings. The Kier molecular flexibility index (Phi) is 2.48. The van der Waals surface area contributed by atoms with Gasteiger partial charge in [-0.15, -0.1) is 0 Å². The van der Waals surface area contributed by atoms with Gasteiger partial charge in [0.05, 0.1) is 12.9 Å². The molecule has 1 heterocycles. The van der Waals surface area contributed by atoms with Crippen LogP contribution in [0.5, 0.6) is 0 Å². The first-order valence-electron chi connectivity index (χ1n) is 6.34. The zero-order valence-electron chi connectivity index (χ0n) is 10.2. The molecule has 0 aromatic heterocycles. The highest BCUT2D eigenvalue weighted by atomic mass is 16.5. The number of benzene rings is 1. The third-order valence-electron chi connectivity index (χ3n) is 3.93. The van der Waals surface area contributed by atoms with Gasteiger partial charge in [-0.2, -0.15) is 0 Å². The van der Waals surface area contributed by atoms with Gasteiger partial charge in [0.25, 0.3) is 0 Å². The van der Waals surface area contributed by atoms with Crippen molar-refractivity contribution in [3.05, 3.63) is 46.7 Å². The molecule has 1 N–H and O–H groups in total. The molecule has 0 amide bonds. The first-order valence-corrected chi connectivity index (χ1v) is 6.34. The van der Waals surface area contributed by atoms with Gasteiger partial charge in [-0.25, -0.2) is 0 Å². The molecule has 0 fully saturated rings. The minimum absolute atomic E-state index is 0.776. The minimum atomic E-state index is -0.776. The Morgan fingerprint density at radius 3 is 2.94 bits per heavy atom. The van der Waals surface area contributed by atoms with Crippen LogP contribution in [0.1, 0.15) is 36.0 Å². The maximum Gasteiger partial charge on any atom is 0.114 e. The van der Waals surface area contributed by atoms with Crippen LogP contribution in [0.3, 0.4) is 0 Å². The molecule has 17 heavy (non-hydrogen) atoms. The van der Waals surface area contributed by atoms with Gasteiger partial charge in [-0.3, -0.25) is 0 Å². The molecule has 2 nitrogen and oxygen atoms in total. The predicted molar refractivity (Wildman–Crippen MR) is 66.7 cm³/mol. The Morgan fingerprint density at radius 1 is 1.29 bits per heavy atom. The molecule has 2 heteroatoms. The summed E-state index contributed by atoms with van der Waals surface area (Å²) in [6, 6.07) is 6.39. The Hall–Kier alpha value is -1.28.